The van der Waals surface area contributed by atoms with Crippen LogP contribution in [0, 0.1) is 13.8 Å². The summed E-state index contributed by atoms with van der Waals surface area (Å²) in [4.78, 5) is 8.29. The summed E-state index contributed by atoms with van der Waals surface area (Å²) in [5.41, 5.74) is 7.61. The van der Waals surface area contributed by atoms with Crippen molar-refractivity contribution in [1.82, 2.24) is 19.7 Å². The topological polar surface area (TPSA) is 69.6 Å². The van der Waals surface area contributed by atoms with Crippen molar-refractivity contribution in [2.75, 3.05) is 5.73 Å². The summed E-state index contributed by atoms with van der Waals surface area (Å²) in [6.45, 7) is 4.48. The highest BCUT2D eigenvalue weighted by Crippen LogP contribution is 2.20. The normalized spacial score (nSPS) is 10.7. The number of anilines is 1. The van der Waals surface area contributed by atoms with E-state index in [0.717, 1.165) is 15.9 Å². The summed E-state index contributed by atoms with van der Waals surface area (Å²) in [7, 11) is 0. The third-order valence-corrected chi connectivity index (χ3v) is 3.46. The molecule has 2 rings (SSSR count). The molecule has 0 aliphatic heterocycles. The van der Waals surface area contributed by atoms with Crippen molar-refractivity contribution >= 4 is 21.7 Å². The van der Waals surface area contributed by atoms with Gasteiger partial charge in [-0.25, -0.2) is 9.97 Å². The Kier molecular flexibility index (Phi) is 2.91. The largest absolute Gasteiger partial charge is 0.384 e. The van der Waals surface area contributed by atoms with Gasteiger partial charge < -0.3 is 5.73 Å². The van der Waals surface area contributed by atoms with Crippen LogP contribution in [0.1, 0.15) is 17.2 Å². The molecule has 0 radical (unpaired) electrons. The second kappa shape index (κ2) is 4.21. The molecule has 0 amide bonds. The molecule has 0 atom stereocenters. The average molecular weight is 282 g/mol. The third kappa shape index (κ3) is 2.06. The van der Waals surface area contributed by atoms with Gasteiger partial charge in [-0.15, -0.1) is 0 Å². The minimum absolute atomic E-state index is 0.477. The van der Waals surface area contributed by atoms with Crippen LogP contribution < -0.4 is 5.73 Å². The van der Waals surface area contributed by atoms with Crippen molar-refractivity contribution < 1.29 is 0 Å². The SMILES string of the molecule is Cc1nn(Cc2nccc(N)n2)c(C)c1Br. The highest BCUT2D eigenvalue weighted by molar-refractivity contribution is 9.10. The van der Waals surface area contributed by atoms with E-state index in [2.05, 4.69) is 31.0 Å². The fourth-order valence-electron chi connectivity index (χ4n) is 1.45. The van der Waals surface area contributed by atoms with Gasteiger partial charge in [0.15, 0.2) is 5.82 Å². The van der Waals surface area contributed by atoms with Crippen LogP contribution in [-0.4, -0.2) is 19.7 Å². The summed E-state index contributed by atoms with van der Waals surface area (Å²) in [5.74, 6) is 1.14. The van der Waals surface area contributed by atoms with Crippen LogP contribution in [0.5, 0.6) is 0 Å². The van der Waals surface area contributed by atoms with Gasteiger partial charge in [0.1, 0.15) is 12.4 Å². The molecule has 0 fully saturated rings. The first-order chi connectivity index (χ1) is 7.58. The van der Waals surface area contributed by atoms with E-state index in [9.17, 15) is 0 Å². The van der Waals surface area contributed by atoms with Crippen LogP contribution in [0.2, 0.25) is 0 Å². The summed E-state index contributed by atoms with van der Waals surface area (Å²) in [6.07, 6.45) is 1.65. The molecule has 0 saturated heterocycles. The fraction of sp³-hybridized carbons (Fsp3) is 0.300. The van der Waals surface area contributed by atoms with Crippen molar-refractivity contribution in [2.24, 2.45) is 0 Å². The Morgan fingerprint density at radius 3 is 2.75 bits per heavy atom. The van der Waals surface area contributed by atoms with Gasteiger partial charge in [-0.1, -0.05) is 0 Å². The molecular formula is C10H12BrN5. The molecule has 2 aromatic heterocycles. The molecule has 2 aromatic rings. The van der Waals surface area contributed by atoms with E-state index in [4.69, 9.17) is 5.73 Å². The minimum atomic E-state index is 0.477. The molecule has 2 N–H and O–H groups in total. The zero-order chi connectivity index (χ0) is 11.7. The van der Waals surface area contributed by atoms with Crippen LogP contribution in [0.3, 0.4) is 0 Å². The summed E-state index contributed by atoms with van der Waals surface area (Å²) in [6, 6.07) is 1.67. The van der Waals surface area contributed by atoms with Crippen molar-refractivity contribution in [3.63, 3.8) is 0 Å². The highest BCUT2D eigenvalue weighted by atomic mass is 79.9. The molecule has 2 heterocycles. The first-order valence-corrected chi connectivity index (χ1v) is 5.64. The standard InChI is InChI=1S/C10H12BrN5/c1-6-10(11)7(2)16(15-6)5-9-13-4-3-8(12)14-9/h3-4H,5H2,1-2H3,(H2,12,13,14). The third-order valence-electron chi connectivity index (χ3n) is 2.31. The Hall–Kier alpha value is -1.43. The van der Waals surface area contributed by atoms with Crippen LogP contribution in [-0.2, 0) is 6.54 Å². The maximum atomic E-state index is 5.60. The van der Waals surface area contributed by atoms with Crippen LogP contribution in [0.4, 0.5) is 5.82 Å². The first-order valence-electron chi connectivity index (χ1n) is 4.85. The number of halogens is 1. The van der Waals surface area contributed by atoms with E-state index in [1.807, 2.05) is 18.5 Å². The van der Waals surface area contributed by atoms with E-state index in [-0.39, 0.29) is 0 Å². The molecule has 6 heteroatoms. The number of aryl methyl sites for hydroxylation is 1. The lowest BCUT2D eigenvalue weighted by atomic mass is 10.4. The molecule has 0 saturated carbocycles. The zero-order valence-electron chi connectivity index (χ0n) is 9.11. The Morgan fingerprint density at radius 2 is 2.19 bits per heavy atom. The summed E-state index contributed by atoms with van der Waals surface area (Å²) >= 11 is 3.48. The second-order valence-electron chi connectivity index (χ2n) is 3.54. The molecule has 0 spiro atoms. The van der Waals surface area contributed by atoms with Gasteiger partial charge in [0.25, 0.3) is 0 Å². The number of aromatic nitrogens is 4. The lowest BCUT2D eigenvalue weighted by molar-refractivity contribution is 0.632. The molecule has 0 aliphatic rings. The smallest absolute Gasteiger partial charge is 0.152 e. The fourth-order valence-corrected chi connectivity index (χ4v) is 1.74. The zero-order valence-corrected chi connectivity index (χ0v) is 10.7. The van der Waals surface area contributed by atoms with Crippen LogP contribution in [0.15, 0.2) is 16.7 Å². The number of hydrogen-bond donors (Lipinski definition) is 1. The van der Waals surface area contributed by atoms with Gasteiger partial charge in [0.2, 0.25) is 0 Å². The molecule has 0 unspecified atom stereocenters. The minimum Gasteiger partial charge on any atom is -0.384 e. The van der Waals surface area contributed by atoms with Gasteiger partial charge in [-0.3, -0.25) is 4.68 Å². The van der Waals surface area contributed by atoms with Crippen molar-refractivity contribution in [3.05, 3.63) is 33.9 Å². The Balaban J connectivity index is 2.30. The lowest BCUT2D eigenvalue weighted by Gasteiger charge is -2.03. The predicted octanol–water partition coefficient (Wildman–Crippen LogP) is 1.68. The summed E-state index contributed by atoms with van der Waals surface area (Å²) in [5, 5.41) is 4.38. The van der Waals surface area contributed by atoms with Crippen LogP contribution in [0.25, 0.3) is 0 Å². The number of nitrogens with zero attached hydrogens (tertiary/aromatic N) is 4. The predicted molar refractivity (Wildman–Crippen MR) is 64.9 cm³/mol. The Morgan fingerprint density at radius 1 is 1.44 bits per heavy atom. The maximum absolute atomic E-state index is 5.60. The molecular weight excluding hydrogens is 270 g/mol. The van der Waals surface area contributed by atoms with Crippen molar-refractivity contribution in [3.8, 4) is 0 Å². The van der Waals surface area contributed by atoms with Crippen LogP contribution >= 0.6 is 15.9 Å². The first kappa shape index (κ1) is 11.1. The number of nitrogens with two attached hydrogens (primary N) is 1. The number of hydrogen-bond acceptors (Lipinski definition) is 4. The molecule has 0 aromatic carbocycles. The number of nitrogen functional groups attached to an aromatic ring is 1. The van der Waals surface area contributed by atoms with E-state index in [1.54, 1.807) is 12.3 Å². The van der Waals surface area contributed by atoms with E-state index in [1.165, 1.54) is 0 Å². The molecule has 5 nitrogen and oxygen atoms in total. The van der Waals surface area contributed by atoms with Crippen molar-refractivity contribution in [2.45, 2.75) is 20.4 Å². The highest BCUT2D eigenvalue weighted by Gasteiger charge is 2.09. The van der Waals surface area contributed by atoms with Gasteiger partial charge in [0, 0.05) is 6.20 Å². The number of rotatable bonds is 2. The van der Waals surface area contributed by atoms with E-state index < -0.39 is 0 Å². The second-order valence-corrected chi connectivity index (χ2v) is 4.33. The molecule has 16 heavy (non-hydrogen) atoms. The molecule has 84 valence electrons. The van der Waals surface area contributed by atoms with Gasteiger partial charge in [-0.05, 0) is 35.8 Å². The summed E-state index contributed by atoms with van der Waals surface area (Å²) < 4.78 is 2.88. The lowest BCUT2D eigenvalue weighted by Crippen LogP contribution is -2.08. The van der Waals surface area contributed by atoms with Gasteiger partial charge >= 0.3 is 0 Å². The van der Waals surface area contributed by atoms with E-state index >= 15 is 0 Å². The monoisotopic (exact) mass is 281 g/mol. The van der Waals surface area contributed by atoms with Gasteiger partial charge in [0.05, 0.1) is 15.9 Å². The van der Waals surface area contributed by atoms with Crippen molar-refractivity contribution in [1.29, 1.82) is 0 Å². The van der Waals surface area contributed by atoms with Gasteiger partial charge in [-0.2, -0.15) is 5.10 Å². The average Bonchev–Trinajstić information content (AvgIpc) is 2.47. The van der Waals surface area contributed by atoms with E-state index in [0.29, 0.717) is 18.2 Å². The Bertz CT molecular complexity index is 520. The molecule has 0 aliphatic carbocycles. The Labute approximate surface area is 102 Å². The molecule has 0 bridgehead atoms. The maximum Gasteiger partial charge on any atom is 0.152 e. The quantitative estimate of drug-likeness (QED) is 0.909.